The molecule has 1 fully saturated rings. The summed E-state index contributed by atoms with van der Waals surface area (Å²) in [5.41, 5.74) is 0. The third-order valence-electron chi connectivity index (χ3n) is 7.38. The minimum atomic E-state index is -1.70. The number of hydrogen-bond acceptors (Lipinski definition) is 20. The summed E-state index contributed by atoms with van der Waals surface area (Å²) in [4.78, 5) is 0. The number of aliphatic hydroxyl groups is 12. The first-order chi connectivity index (χ1) is 22.6. The van der Waals surface area contributed by atoms with E-state index in [9.17, 15) is 61.3 Å². The standard InChI is InChI=1S/C28H56O20/c1-12(34)25(45-19(8-31)16(36)6-29)44-15(4)27(47-20(9-32)17(37)7-30)42-11-18(38)21(10-33)46-26(13(2)35)48-24-22(39)14(3)43-28(41-5)23(24)40/h12-40H,6-11H2,1-5H3/t12-,13-,14?,15-,16+,17+,18+,19?,20?,21?,22+,23+,24?,25+,26+,27-,28-/m1/s1. The fourth-order valence-electron chi connectivity index (χ4n) is 4.41. The smallest absolute Gasteiger partial charge is 0.186 e. The van der Waals surface area contributed by atoms with E-state index in [-0.39, 0.29) is 0 Å². The molecular weight excluding hydrogens is 656 g/mol. The molecule has 17 atom stereocenters. The van der Waals surface area contributed by atoms with Crippen LogP contribution in [0.2, 0.25) is 0 Å². The highest BCUT2D eigenvalue weighted by Gasteiger charge is 2.46. The molecule has 0 aliphatic carbocycles. The second-order valence-corrected chi connectivity index (χ2v) is 11.4. The van der Waals surface area contributed by atoms with Crippen molar-refractivity contribution in [1.29, 1.82) is 0 Å². The first-order valence-electron chi connectivity index (χ1n) is 15.5. The first kappa shape index (κ1) is 45.2. The van der Waals surface area contributed by atoms with E-state index in [0.717, 1.165) is 0 Å². The van der Waals surface area contributed by atoms with Crippen molar-refractivity contribution >= 4 is 0 Å². The lowest BCUT2D eigenvalue weighted by molar-refractivity contribution is -0.334. The number of aliphatic hydroxyl groups excluding tert-OH is 12. The molecule has 12 N–H and O–H groups in total. The van der Waals surface area contributed by atoms with Crippen LogP contribution in [0.1, 0.15) is 27.7 Å². The van der Waals surface area contributed by atoms with Crippen molar-refractivity contribution < 1.29 is 99.2 Å². The minimum Gasteiger partial charge on any atom is -0.394 e. The summed E-state index contributed by atoms with van der Waals surface area (Å²) < 4.78 is 44.0. The molecule has 1 rings (SSSR count). The van der Waals surface area contributed by atoms with Crippen molar-refractivity contribution in [3.63, 3.8) is 0 Å². The summed E-state index contributed by atoms with van der Waals surface area (Å²) in [6, 6.07) is 0. The van der Waals surface area contributed by atoms with E-state index in [2.05, 4.69) is 0 Å². The average Bonchev–Trinajstić information content (AvgIpc) is 3.06. The highest BCUT2D eigenvalue weighted by Crippen LogP contribution is 2.26. The zero-order valence-corrected chi connectivity index (χ0v) is 27.7. The maximum atomic E-state index is 10.9. The molecular formula is C28H56O20. The first-order valence-corrected chi connectivity index (χ1v) is 15.5. The molecule has 0 radical (unpaired) electrons. The third-order valence-corrected chi connectivity index (χ3v) is 7.38. The fourth-order valence-corrected chi connectivity index (χ4v) is 4.41. The van der Waals surface area contributed by atoms with Gasteiger partial charge in [-0.25, -0.2) is 0 Å². The summed E-state index contributed by atoms with van der Waals surface area (Å²) in [5.74, 6) is 0. The Morgan fingerprint density at radius 1 is 0.604 bits per heavy atom. The van der Waals surface area contributed by atoms with Crippen molar-refractivity contribution in [2.75, 3.05) is 46.8 Å². The Morgan fingerprint density at radius 3 is 1.50 bits per heavy atom. The molecule has 0 aromatic heterocycles. The molecule has 0 bridgehead atoms. The van der Waals surface area contributed by atoms with E-state index < -0.39 is 144 Å². The summed E-state index contributed by atoms with van der Waals surface area (Å²) in [6.45, 7) is 0.580. The molecule has 48 heavy (non-hydrogen) atoms. The molecule has 1 heterocycles. The molecule has 1 aliphatic rings. The molecule has 1 aliphatic heterocycles. The van der Waals surface area contributed by atoms with Gasteiger partial charge in [-0.1, -0.05) is 0 Å². The van der Waals surface area contributed by atoms with Crippen LogP contribution in [-0.2, 0) is 37.9 Å². The largest absolute Gasteiger partial charge is 0.394 e. The highest BCUT2D eigenvalue weighted by molar-refractivity contribution is 4.89. The van der Waals surface area contributed by atoms with Crippen LogP contribution in [0, 0.1) is 0 Å². The van der Waals surface area contributed by atoms with Gasteiger partial charge in [0.15, 0.2) is 25.2 Å². The number of ether oxygens (including phenoxy) is 8. The van der Waals surface area contributed by atoms with Crippen LogP contribution in [0.3, 0.4) is 0 Å². The number of hydrogen-bond donors (Lipinski definition) is 12. The zero-order valence-electron chi connectivity index (χ0n) is 27.7. The van der Waals surface area contributed by atoms with Gasteiger partial charge in [-0.3, -0.25) is 0 Å². The topological polar surface area (TPSA) is 317 Å². The van der Waals surface area contributed by atoms with Gasteiger partial charge in [-0.05, 0) is 27.7 Å². The molecule has 0 amide bonds. The molecule has 1 saturated heterocycles. The third kappa shape index (κ3) is 13.7. The van der Waals surface area contributed by atoms with Gasteiger partial charge in [-0.15, -0.1) is 0 Å². The van der Waals surface area contributed by atoms with Crippen molar-refractivity contribution in [2.45, 2.75) is 132 Å². The SMILES string of the molecule is CO[C@@H]1OC(C)[C@H](O)C(O[C@H](OC(CO)[C@@H](O)CO[C@H](OC(CO)[C@@H](O)CO)[C@@H](C)O[C@@H](OC(CO)[C@@H](O)CO)[C@@H](C)O)[C@@H](C)O)[C@@H]1O. The van der Waals surface area contributed by atoms with Crippen LogP contribution in [0.15, 0.2) is 0 Å². The number of methoxy groups -OCH3 is 1. The molecule has 20 heteroatoms. The van der Waals surface area contributed by atoms with Crippen LogP contribution in [0.5, 0.6) is 0 Å². The van der Waals surface area contributed by atoms with E-state index >= 15 is 0 Å². The van der Waals surface area contributed by atoms with Gasteiger partial charge in [0.2, 0.25) is 0 Å². The van der Waals surface area contributed by atoms with Gasteiger partial charge in [0.1, 0.15) is 73.2 Å². The molecule has 0 aromatic rings. The highest BCUT2D eigenvalue weighted by atomic mass is 16.8. The van der Waals surface area contributed by atoms with Crippen LogP contribution in [0.4, 0.5) is 0 Å². The molecule has 0 saturated carbocycles. The zero-order chi connectivity index (χ0) is 36.7. The lowest BCUT2D eigenvalue weighted by atomic mass is 9.99. The van der Waals surface area contributed by atoms with Crippen molar-refractivity contribution in [2.24, 2.45) is 0 Å². The van der Waals surface area contributed by atoms with Crippen LogP contribution >= 0.6 is 0 Å². The van der Waals surface area contributed by atoms with E-state index in [1.165, 1.54) is 34.8 Å². The Labute approximate surface area is 278 Å². The fraction of sp³-hybridized carbons (Fsp3) is 1.00. The molecule has 0 spiro atoms. The average molecular weight is 713 g/mol. The maximum Gasteiger partial charge on any atom is 0.186 e. The van der Waals surface area contributed by atoms with Crippen molar-refractivity contribution in [3.05, 3.63) is 0 Å². The van der Waals surface area contributed by atoms with E-state index in [1.807, 2.05) is 0 Å². The number of rotatable bonds is 25. The normalized spacial score (nSPS) is 29.6. The van der Waals surface area contributed by atoms with Crippen LogP contribution < -0.4 is 0 Å². The predicted molar refractivity (Wildman–Crippen MR) is 158 cm³/mol. The van der Waals surface area contributed by atoms with Crippen LogP contribution in [0.25, 0.3) is 0 Å². The second kappa shape index (κ2) is 22.9. The van der Waals surface area contributed by atoms with Gasteiger partial charge in [0.25, 0.3) is 0 Å². The van der Waals surface area contributed by atoms with Crippen LogP contribution in [-0.4, -0.2) is 213 Å². The molecule has 288 valence electrons. The van der Waals surface area contributed by atoms with Gasteiger partial charge in [-0.2, -0.15) is 0 Å². The Bertz CT molecular complexity index is 826. The van der Waals surface area contributed by atoms with Gasteiger partial charge in [0, 0.05) is 7.11 Å². The van der Waals surface area contributed by atoms with E-state index in [0.29, 0.717) is 0 Å². The molecule has 0 aromatic carbocycles. The Hall–Kier alpha value is -0.800. The van der Waals surface area contributed by atoms with Gasteiger partial charge >= 0.3 is 0 Å². The van der Waals surface area contributed by atoms with E-state index in [4.69, 9.17) is 37.9 Å². The van der Waals surface area contributed by atoms with E-state index in [1.54, 1.807) is 0 Å². The van der Waals surface area contributed by atoms with Crippen molar-refractivity contribution in [3.8, 4) is 0 Å². The summed E-state index contributed by atoms with van der Waals surface area (Å²) in [5, 5.41) is 120. The van der Waals surface area contributed by atoms with Crippen molar-refractivity contribution in [1.82, 2.24) is 0 Å². The van der Waals surface area contributed by atoms with Gasteiger partial charge < -0.3 is 99.2 Å². The summed E-state index contributed by atoms with van der Waals surface area (Å²) in [7, 11) is 1.26. The Balaban J connectivity index is 3.13. The Kier molecular flexibility index (Phi) is 21.6. The lowest BCUT2D eigenvalue weighted by Gasteiger charge is -2.42. The molecule has 5 unspecified atom stereocenters. The maximum absolute atomic E-state index is 10.9. The quantitative estimate of drug-likeness (QED) is 0.0392. The minimum absolute atomic E-state index is 0.711. The predicted octanol–water partition coefficient (Wildman–Crippen LogP) is -6.15. The Morgan fingerprint density at radius 2 is 1.06 bits per heavy atom. The van der Waals surface area contributed by atoms with Gasteiger partial charge in [0.05, 0.1) is 45.7 Å². The second-order valence-electron chi connectivity index (χ2n) is 11.4. The molecule has 20 nitrogen and oxygen atoms in total. The summed E-state index contributed by atoms with van der Waals surface area (Å²) >= 11 is 0. The lowest BCUT2D eigenvalue weighted by Crippen LogP contribution is -2.60. The monoisotopic (exact) mass is 712 g/mol. The summed E-state index contributed by atoms with van der Waals surface area (Å²) in [6.07, 6.45) is -24.4.